The fourth-order valence-corrected chi connectivity index (χ4v) is 3.54. The molecule has 0 bridgehead atoms. The zero-order valence-electron chi connectivity index (χ0n) is 15.0. The minimum absolute atomic E-state index is 0.0532. The van der Waals surface area contributed by atoms with Gasteiger partial charge in [-0.2, -0.15) is 0 Å². The molecule has 2 N–H and O–H groups in total. The summed E-state index contributed by atoms with van der Waals surface area (Å²) in [4.78, 5) is 16.8. The highest BCUT2D eigenvalue weighted by atomic mass is 16.5. The van der Waals surface area contributed by atoms with E-state index in [2.05, 4.69) is 10.1 Å². The highest BCUT2D eigenvalue weighted by Crippen LogP contribution is 2.24. The van der Waals surface area contributed by atoms with E-state index in [-0.39, 0.29) is 24.5 Å². The number of hydrogen-bond donors (Lipinski definition) is 2. The van der Waals surface area contributed by atoms with E-state index in [9.17, 15) is 15.0 Å². The van der Waals surface area contributed by atoms with Crippen LogP contribution in [-0.4, -0.2) is 88.7 Å². The number of nitrogens with zero attached hydrogens (tertiary/aromatic N) is 3. The van der Waals surface area contributed by atoms with Crippen LogP contribution in [0.2, 0.25) is 0 Å². The molecule has 25 heavy (non-hydrogen) atoms. The standard InChI is InChI=1S/C17H27N3O5/c1-10(2)15-14(11(3)25-18-15)17(23)20-6-4-19(5-7-20)12-8-24-9-13(21)16(12)22/h10,12-13,16,21-22H,4-9H2,1-3H3/t12-,13-,16+/m1/s1. The van der Waals surface area contributed by atoms with E-state index in [0.717, 1.165) is 0 Å². The van der Waals surface area contributed by atoms with Crippen molar-refractivity contribution in [1.29, 1.82) is 0 Å². The van der Waals surface area contributed by atoms with E-state index in [1.165, 1.54) is 0 Å². The number of carbonyl (C=O) groups is 1. The summed E-state index contributed by atoms with van der Waals surface area (Å²) in [6, 6.07) is -0.232. The number of aryl methyl sites for hydroxylation is 1. The van der Waals surface area contributed by atoms with E-state index >= 15 is 0 Å². The summed E-state index contributed by atoms with van der Waals surface area (Å²) in [7, 11) is 0. The molecule has 0 unspecified atom stereocenters. The van der Waals surface area contributed by atoms with Crippen molar-refractivity contribution in [1.82, 2.24) is 15.0 Å². The summed E-state index contributed by atoms with van der Waals surface area (Å²) < 4.78 is 10.6. The van der Waals surface area contributed by atoms with Gasteiger partial charge in [-0.1, -0.05) is 19.0 Å². The summed E-state index contributed by atoms with van der Waals surface area (Å²) in [5.41, 5.74) is 1.27. The summed E-state index contributed by atoms with van der Waals surface area (Å²) in [5, 5.41) is 24.0. The second-order valence-electron chi connectivity index (χ2n) is 7.14. The first-order valence-electron chi connectivity index (χ1n) is 8.83. The van der Waals surface area contributed by atoms with Crippen molar-refractivity contribution in [3.63, 3.8) is 0 Å². The Bertz CT molecular complexity index is 609. The van der Waals surface area contributed by atoms with Crippen molar-refractivity contribution in [2.24, 2.45) is 0 Å². The lowest BCUT2D eigenvalue weighted by Gasteiger charge is -2.43. The Morgan fingerprint density at radius 2 is 1.88 bits per heavy atom. The number of carbonyl (C=O) groups excluding carboxylic acids is 1. The average molecular weight is 353 g/mol. The van der Waals surface area contributed by atoms with Gasteiger partial charge in [-0.25, -0.2) is 0 Å². The van der Waals surface area contributed by atoms with Crippen molar-refractivity contribution in [3.8, 4) is 0 Å². The number of rotatable bonds is 3. The molecule has 1 amide bonds. The van der Waals surface area contributed by atoms with Gasteiger partial charge >= 0.3 is 0 Å². The van der Waals surface area contributed by atoms with Gasteiger partial charge in [0.1, 0.15) is 17.4 Å². The van der Waals surface area contributed by atoms with E-state index in [0.29, 0.717) is 49.8 Å². The van der Waals surface area contributed by atoms with Crippen LogP contribution in [0.5, 0.6) is 0 Å². The van der Waals surface area contributed by atoms with Gasteiger partial charge in [0, 0.05) is 26.2 Å². The Kier molecular flexibility index (Phi) is 5.43. The summed E-state index contributed by atoms with van der Waals surface area (Å²) in [6.45, 7) is 8.68. The first-order chi connectivity index (χ1) is 11.9. The molecule has 3 atom stereocenters. The van der Waals surface area contributed by atoms with Crippen molar-refractivity contribution < 1.29 is 24.3 Å². The predicted molar refractivity (Wildman–Crippen MR) is 89.4 cm³/mol. The molecule has 8 heteroatoms. The zero-order valence-corrected chi connectivity index (χ0v) is 15.0. The van der Waals surface area contributed by atoms with Gasteiger partial charge in [-0.05, 0) is 12.8 Å². The third-order valence-electron chi connectivity index (χ3n) is 5.09. The molecular formula is C17H27N3O5. The molecule has 1 aromatic heterocycles. The maximum absolute atomic E-state index is 12.9. The number of hydrogen-bond acceptors (Lipinski definition) is 7. The molecule has 2 aliphatic heterocycles. The third-order valence-corrected chi connectivity index (χ3v) is 5.09. The number of piperazine rings is 1. The lowest BCUT2D eigenvalue weighted by molar-refractivity contribution is -0.136. The van der Waals surface area contributed by atoms with Crippen LogP contribution in [0, 0.1) is 6.92 Å². The quantitative estimate of drug-likeness (QED) is 0.788. The van der Waals surface area contributed by atoms with E-state index in [1.807, 2.05) is 13.8 Å². The predicted octanol–water partition coefficient (Wildman–Crippen LogP) is -0.0152. The third kappa shape index (κ3) is 3.57. The number of aliphatic hydroxyl groups excluding tert-OH is 2. The van der Waals surface area contributed by atoms with Crippen LogP contribution in [0.15, 0.2) is 4.52 Å². The molecule has 8 nitrogen and oxygen atoms in total. The number of ether oxygens (including phenoxy) is 1. The highest BCUT2D eigenvalue weighted by Gasteiger charge is 2.37. The van der Waals surface area contributed by atoms with E-state index in [4.69, 9.17) is 9.26 Å². The fraction of sp³-hybridized carbons (Fsp3) is 0.765. The maximum Gasteiger partial charge on any atom is 0.259 e. The highest BCUT2D eigenvalue weighted by molar-refractivity contribution is 5.96. The van der Waals surface area contributed by atoms with Crippen molar-refractivity contribution in [2.45, 2.75) is 44.9 Å². The lowest BCUT2D eigenvalue weighted by Crippen LogP contribution is -2.60. The van der Waals surface area contributed by atoms with E-state index < -0.39 is 12.2 Å². The molecule has 1 aromatic rings. The van der Waals surface area contributed by atoms with Crippen LogP contribution >= 0.6 is 0 Å². The van der Waals surface area contributed by atoms with Crippen molar-refractivity contribution in [2.75, 3.05) is 39.4 Å². The smallest absolute Gasteiger partial charge is 0.259 e. The molecular weight excluding hydrogens is 326 g/mol. The maximum atomic E-state index is 12.9. The molecule has 2 fully saturated rings. The Morgan fingerprint density at radius 3 is 2.52 bits per heavy atom. The SMILES string of the molecule is Cc1onc(C(C)C)c1C(=O)N1CCN([C@@H]2COC[C@@H](O)[C@H]2O)CC1. The number of aromatic nitrogens is 1. The largest absolute Gasteiger partial charge is 0.389 e. The van der Waals surface area contributed by atoms with Gasteiger partial charge in [0.2, 0.25) is 0 Å². The first kappa shape index (κ1) is 18.3. The van der Waals surface area contributed by atoms with Gasteiger partial charge in [0.05, 0.1) is 31.1 Å². The Labute approximate surface area is 147 Å². The second kappa shape index (κ2) is 7.41. The van der Waals surface area contributed by atoms with Crippen molar-refractivity contribution >= 4 is 5.91 Å². The summed E-state index contributed by atoms with van der Waals surface area (Å²) in [5.74, 6) is 0.617. The van der Waals surface area contributed by atoms with Crippen LogP contribution in [0.3, 0.4) is 0 Å². The minimum Gasteiger partial charge on any atom is -0.389 e. The summed E-state index contributed by atoms with van der Waals surface area (Å²) >= 11 is 0. The van der Waals surface area contributed by atoms with Crippen LogP contribution in [0.1, 0.15) is 41.6 Å². The molecule has 2 saturated heterocycles. The number of amides is 1. The molecule has 0 aromatic carbocycles. The molecule has 140 valence electrons. The van der Waals surface area contributed by atoms with Crippen LogP contribution in [0.4, 0.5) is 0 Å². The van der Waals surface area contributed by atoms with Crippen LogP contribution in [0.25, 0.3) is 0 Å². The minimum atomic E-state index is -0.855. The molecule has 3 heterocycles. The van der Waals surface area contributed by atoms with Gasteiger partial charge in [0.25, 0.3) is 5.91 Å². The van der Waals surface area contributed by atoms with Crippen LogP contribution in [-0.2, 0) is 4.74 Å². The molecule has 0 aliphatic carbocycles. The van der Waals surface area contributed by atoms with Crippen LogP contribution < -0.4 is 0 Å². The monoisotopic (exact) mass is 353 g/mol. The van der Waals surface area contributed by atoms with E-state index in [1.54, 1.807) is 11.8 Å². The molecule has 0 radical (unpaired) electrons. The Balaban J connectivity index is 1.64. The summed E-state index contributed by atoms with van der Waals surface area (Å²) in [6.07, 6.45) is -1.67. The van der Waals surface area contributed by atoms with Gasteiger partial charge in [-0.15, -0.1) is 0 Å². The van der Waals surface area contributed by atoms with Gasteiger partial charge < -0.3 is 24.4 Å². The zero-order chi connectivity index (χ0) is 18.1. The number of aliphatic hydroxyl groups is 2. The second-order valence-corrected chi connectivity index (χ2v) is 7.14. The molecule has 2 aliphatic rings. The first-order valence-corrected chi connectivity index (χ1v) is 8.83. The van der Waals surface area contributed by atoms with Gasteiger partial charge in [0.15, 0.2) is 0 Å². The molecule has 3 rings (SSSR count). The Hall–Kier alpha value is -1.48. The van der Waals surface area contributed by atoms with Crippen molar-refractivity contribution in [3.05, 3.63) is 17.0 Å². The topological polar surface area (TPSA) is 99.3 Å². The fourth-order valence-electron chi connectivity index (χ4n) is 3.54. The molecule has 0 spiro atoms. The average Bonchev–Trinajstić information content (AvgIpc) is 2.99. The lowest BCUT2D eigenvalue weighted by atomic mass is 10.0. The Morgan fingerprint density at radius 1 is 1.20 bits per heavy atom. The normalized spacial score (nSPS) is 28.6. The molecule has 0 saturated carbocycles. The van der Waals surface area contributed by atoms with Gasteiger partial charge in [-0.3, -0.25) is 9.69 Å².